The number of para-hydroxylation sites is 2. The third-order valence-corrected chi connectivity index (χ3v) is 8.08. The average molecular weight is 623 g/mol. The molecule has 11 heteroatoms. The molecule has 0 saturated carbocycles. The van der Waals surface area contributed by atoms with Gasteiger partial charge in [-0.05, 0) is 67.8 Å². The van der Waals surface area contributed by atoms with Crippen LogP contribution in [0.15, 0.2) is 60.7 Å². The van der Waals surface area contributed by atoms with Gasteiger partial charge in [0.1, 0.15) is 5.69 Å². The SMILES string of the molecule is CCOc1ccc(CCNC(=O)[C@@H](C#N)c2nc3ccccc3nc2N2CCN(Cc3ccc4c(c3)OCO4)CC2)cc1OCC. The Morgan fingerprint density at radius 3 is 2.39 bits per heavy atom. The van der Waals surface area contributed by atoms with Crippen LogP contribution in [0.3, 0.4) is 0 Å². The number of ether oxygens (including phenoxy) is 4. The van der Waals surface area contributed by atoms with Crippen LogP contribution in [0.25, 0.3) is 11.0 Å². The van der Waals surface area contributed by atoms with E-state index in [1.807, 2.05) is 68.4 Å². The zero-order valence-corrected chi connectivity index (χ0v) is 26.2. The van der Waals surface area contributed by atoms with Crippen molar-refractivity contribution in [1.82, 2.24) is 20.2 Å². The average Bonchev–Trinajstić information content (AvgIpc) is 3.55. The minimum Gasteiger partial charge on any atom is -0.490 e. The van der Waals surface area contributed by atoms with Crippen molar-refractivity contribution < 1.29 is 23.7 Å². The van der Waals surface area contributed by atoms with E-state index in [4.69, 9.17) is 28.9 Å². The summed E-state index contributed by atoms with van der Waals surface area (Å²) in [4.78, 5) is 27.8. The molecule has 1 amide bonds. The Hall–Kier alpha value is -5.08. The lowest BCUT2D eigenvalue weighted by atomic mass is 10.0. The zero-order chi connectivity index (χ0) is 31.9. The van der Waals surface area contributed by atoms with Crippen molar-refractivity contribution in [3.63, 3.8) is 0 Å². The number of nitrogens with one attached hydrogen (secondary N) is 1. The molecule has 1 saturated heterocycles. The van der Waals surface area contributed by atoms with Gasteiger partial charge < -0.3 is 29.2 Å². The summed E-state index contributed by atoms with van der Waals surface area (Å²) in [7, 11) is 0. The van der Waals surface area contributed by atoms with Crippen molar-refractivity contribution in [2.24, 2.45) is 0 Å². The number of nitriles is 1. The lowest BCUT2D eigenvalue weighted by molar-refractivity contribution is -0.121. The molecule has 3 aromatic carbocycles. The van der Waals surface area contributed by atoms with Gasteiger partial charge in [0.2, 0.25) is 12.7 Å². The van der Waals surface area contributed by atoms with Crippen LogP contribution in [-0.4, -0.2) is 73.5 Å². The van der Waals surface area contributed by atoms with E-state index in [2.05, 4.69) is 27.3 Å². The molecule has 0 bridgehead atoms. The second-order valence-corrected chi connectivity index (χ2v) is 11.1. The monoisotopic (exact) mass is 622 g/mol. The van der Waals surface area contributed by atoms with Crippen LogP contribution in [-0.2, 0) is 17.8 Å². The number of nitrogens with zero attached hydrogens (tertiary/aromatic N) is 5. The Labute approximate surface area is 268 Å². The number of piperazine rings is 1. The summed E-state index contributed by atoms with van der Waals surface area (Å²) in [5, 5.41) is 13.2. The summed E-state index contributed by atoms with van der Waals surface area (Å²) >= 11 is 0. The van der Waals surface area contributed by atoms with Crippen molar-refractivity contribution in [3.05, 3.63) is 77.5 Å². The molecule has 4 aromatic rings. The van der Waals surface area contributed by atoms with E-state index in [1.165, 1.54) is 0 Å². The first-order valence-electron chi connectivity index (χ1n) is 15.7. The van der Waals surface area contributed by atoms with Gasteiger partial charge in [-0.3, -0.25) is 9.69 Å². The summed E-state index contributed by atoms with van der Waals surface area (Å²) in [6.07, 6.45) is 0.567. The first-order chi connectivity index (χ1) is 22.6. The topological polar surface area (TPSA) is 122 Å². The molecule has 0 radical (unpaired) electrons. The molecule has 46 heavy (non-hydrogen) atoms. The second kappa shape index (κ2) is 14.3. The third kappa shape index (κ3) is 6.92. The highest BCUT2D eigenvalue weighted by molar-refractivity contribution is 5.88. The fourth-order valence-electron chi connectivity index (χ4n) is 5.77. The summed E-state index contributed by atoms with van der Waals surface area (Å²) in [6, 6.07) is 21.6. The number of anilines is 1. The Morgan fingerprint density at radius 1 is 0.913 bits per heavy atom. The summed E-state index contributed by atoms with van der Waals surface area (Å²) in [6.45, 7) is 9.26. The summed E-state index contributed by atoms with van der Waals surface area (Å²) in [5.41, 5.74) is 3.90. The summed E-state index contributed by atoms with van der Waals surface area (Å²) in [5.74, 6) is 1.99. The fraction of sp³-hybridized carbons (Fsp3) is 0.371. The van der Waals surface area contributed by atoms with E-state index in [0.717, 1.165) is 47.8 Å². The van der Waals surface area contributed by atoms with Gasteiger partial charge in [0.15, 0.2) is 34.7 Å². The first kappa shape index (κ1) is 30.9. The van der Waals surface area contributed by atoms with Crippen molar-refractivity contribution in [3.8, 4) is 29.1 Å². The Kier molecular flexibility index (Phi) is 9.65. The third-order valence-electron chi connectivity index (χ3n) is 8.08. The molecular weight excluding hydrogens is 584 g/mol. The maximum atomic E-state index is 13.5. The van der Waals surface area contributed by atoms with Crippen molar-refractivity contribution in [2.45, 2.75) is 32.7 Å². The molecule has 0 aliphatic carbocycles. The van der Waals surface area contributed by atoms with Gasteiger partial charge in [-0.15, -0.1) is 0 Å². The number of carbonyl (C=O) groups is 1. The van der Waals surface area contributed by atoms with Gasteiger partial charge in [0.25, 0.3) is 0 Å². The quantitative estimate of drug-likeness (QED) is 0.243. The van der Waals surface area contributed by atoms with Crippen LogP contribution >= 0.6 is 0 Å². The van der Waals surface area contributed by atoms with E-state index in [9.17, 15) is 10.1 Å². The van der Waals surface area contributed by atoms with Gasteiger partial charge >= 0.3 is 0 Å². The lowest BCUT2D eigenvalue weighted by Gasteiger charge is -2.36. The largest absolute Gasteiger partial charge is 0.490 e. The first-order valence-corrected chi connectivity index (χ1v) is 15.7. The highest BCUT2D eigenvalue weighted by atomic mass is 16.7. The highest BCUT2D eigenvalue weighted by Crippen LogP contribution is 2.33. The van der Waals surface area contributed by atoms with E-state index < -0.39 is 11.8 Å². The van der Waals surface area contributed by atoms with E-state index in [-0.39, 0.29) is 6.79 Å². The number of amides is 1. The number of rotatable bonds is 12. The number of hydrogen-bond acceptors (Lipinski definition) is 10. The Morgan fingerprint density at radius 2 is 1.63 bits per heavy atom. The zero-order valence-electron chi connectivity index (χ0n) is 26.2. The molecule has 1 aromatic heterocycles. The predicted molar refractivity (Wildman–Crippen MR) is 173 cm³/mol. The van der Waals surface area contributed by atoms with Crippen LogP contribution < -0.4 is 29.2 Å². The minimum atomic E-state index is -1.11. The van der Waals surface area contributed by atoms with Crippen molar-refractivity contribution in [1.29, 1.82) is 5.26 Å². The van der Waals surface area contributed by atoms with Crippen molar-refractivity contribution >= 4 is 22.8 Å². The van der Waals surface area contributed by atoms with Gasteiger partial charge in [-0.1, -0.05) is 24.3 Å². The molecule has 0 spiro atoms. The van der Waals surface area contributed by atoms with Crippen LogP contribution in [0.1, 0.15) is 36.6 Å². The normalized spacial score (nSPS) is 14.9. The maximum absolute atomic E-state index is 13.5. The highest BCUT2D eigenvalue weighted by Gasteiger charge is 2.30. The van der Waals surface area contributed by atoms with Crippen LogP contribution in [0.4, 0.5) is 5.82 Å². The molecular formula is C35H38N6O5. The number of fused-ring (bicyclic) bond motifs is 2. The van der Waals surface area contributed by atoms with Crippen LogP contribution in [0, 0.1) is 11.3 Å². The fourth-order valence-corrected chi connectivity index (χ4v) is 5.77. The molecule has 2 aliphatic heterocycles. The van der Waals surface area contributed by atoms with Gasteiger partial charge in [-0.25, -0.2) is 9.97 Å². The number of carbonyl (C=O) groups excluding carboxylic acids is 1. The smallest absolute Gasteiger partial charge is 0.243 e. The lowest BCUT2D eigenvalue weighted by Crippen LogP contribution is -2.47. The number of benzene rings is 3. The minimum absolute atomic E-state index is 0.256. The Bertz CT molecular complexity index is 1730. The maximum Gasteiger partial charge on any atom is 0.243 e. The molecule has 1 atom stereocenters. The predicted octanol–water partition coefficient (Wildman–Crippen LogP) is 4.44. The number of hydrogen-bond donors (Lipinski definition) is 1. The second-order valence-electron chi connectivity index (χ2n) is 11.1. The molecule has 238 valence electrons. The van der Waals surface area contributed by atoms with Gasteiger partial charge in [0, 0.05) is 39.3 Å². The van der Waals surface area contributed by atoms with E-state index in [1.54, 1.807) is 0 Å². The number of aromatic nitrogens is 2. The van der Waals surface area contributed by atoms with E-state index in [0.29, 0.717) is 67.8 Å². The molecule has 2 aliphatic rings. The standard InChI is InChI=1S/C35H38N6O5/c1-3-43-29-11-9-24(19-31(29)44-4-2)13-14-37-35(42)26(21-36)33-34(39-28-8-6-5-7-27(28)38-33)41-17-15-40(16-18-41)22-25-10-12-30-32(20-25)46-23-45-30/h5-12,19-20,26H,3-4,13-18,22-23H2,1-2H3,(H,37,42)/t26-/m0/s1. The van der Waals surface area contributed by atoms with Gasteiger partial charge in [-0.2, -0.15) is 5.26 Å². The molecule has 0 unspecified atom stereocenters. The Balaban J connectivity index is 1.14. The molecule has 1 N–H and O–H groups in total. The molecule has 1 fully saturated rings. The van der Waals surface area contributed by atoms with E-state index >= 15 is 0 Å². The molecule has 11 nitrogen and oxygen atoms in total. The summed E-state index contributed by atoms with van der Waals surface area (Å²) < 4.78 is 22.4. The van der Waals surface area contributed by atoms with Gasteiger partial charge in [0.05, 0.1) is 30.3 Å². The van der Waals surface area contributed by atoms with Crippen molar-refractivity contribution in [2.75, 3.05) is 57.6 Å². The van der Waals surface area contributed by atoms with Crippen LogP contribution in [0.5, 0.6) is 23.0 Å². The van der Waals surface area contributed by atoms with Crippen LogP contribution in [0.2, 0.25) is 0 Å². The molecule has 3 heterocycles. The molecule has 6 rings (SSSR count).